The number of nitrogens with zero attached hydrogens (tertiary/aromatic N) is 1. The van der Waals surface area contributed by atoms with Gasteiger partial charge in [-0.05, 0) is 62.1 Å². The lowest BCUT2D eigenvalue weighted by atomic mass is 10.1. The largest absolute Gasteiger partial charge is 0.361 e. The van der Waals surface area contributed by atoms with Crippen molar-refractivity contribution in [1.29, 1.82) is 10.8 Å². The van der Waals surface area contributed by atoms with E-state index >= 15 is 0 Å². The fraction of sp³-hybridized carbons (Fsp3) is 0.258. The molecule has 7 heteroatoms. The summed E-state index contributed by atoms with van der Waals surface area (Å²) >= 11 is 0. The Bertz CT molecular complexity index is 1340. The number of carbonyl (C=O) groups is 1. The second-order valence-electron chi connectivity index (χ2n) is 9.43. The van der Waals surface area contributed by atoms with Gasteiger partial charge < -0.3 is 15.6 Å². The molecule has 5 N–H and O–H groups in total. The molecule has 0 aliphatic carbocycles. The number of nitrogens with one attached hydrogen (secondary N) is 5. The fourth-order valence-corrected chi connectivity index (χ4v) is 4.57. The quantitative estimate of drug-likeness (QED) is 0.170. The molecule has 196 valence electrons. The average molecular weight is 509 g/mol. The first-order valence-electron chi connectivity index (χ1n) is 13.1. The molecule has 1 saturated heterocycles. The maximum atomic E-state index is 12.2. The molecular formula is C31H36N6O. The molecule has 0 saturated carbocycles. The Hall–Kier alpha value is -4.23. The monoisotopic (exact) mass is 508 g/mol. The summed E-state index contributed by atoms with van der Waals surface area (Å²) in [6.45, 7) is 3.06. The number of aromatic nitrogens is 1. The van der Waals surface area contributed by atoms with Crippen LogP contribution >= 0.6 is 0 Å². The van der Waals surface area contributed by atoms with Crippen molar-refractivity contribution in [2.24, 2.45) is 0 Å². The topological polar surface area (TPSA) is 108 Å². The second-order valence-corrected chi connectivity index (χ2v) is 9.43. The first-order chi connectivity index (χ1) is 18.5. The number of carbonyl (C=O) groups excluding carboxylic acids is 1. The van der Waals surface area contributed by atoms with Gasteiger partial charge in [0.1, 0.15) is 11.7 Å². The smallest absolute Gasteiger partial charge is 0.237 e. The maximum Gasteiger partial charge on any atom is 0.237 e. The number of H-pyrrole nitrogens is 1. The number of hydrogen-bond donors (Lipinski definition) is 5. The molecule has 1 fully saturated rings. The zero-order valence-electron chi connectivity index (χ0n) is 21.8. The Labute approximate surface area is 224 Å². The number of aromatic amines is 1. The van der Waals surface area contributed by atoms with Gasteiger partial charge in [0.2, 0.25) is 5.91 Å². The minimum Gasteiger partial charge on any atom is -0.361 e. The summed E-state index contributed by atoms with van der Waals surface area (Å²) in [5.74, 6) is 0.454. The van der Waals surface area contributed by atoms with E-state index in [1.165, 1.54) is 16.5 Å². The van der Waals surface area contributed by atoms with Crippen LogP contribution in [0.15, 0.2) is 91.1 Å². The molecule has 1 amide bonds. The van der Waals surface area contributed by atoms with Gasteiger partial charge in [-0.3, -0.25) is 20.5 Å². The number of hydrogen-bond acceptors (Lipinski definition) is 4. The molecule has 1 aromatic heterocycles. The van der Waals surface area contributed by atoms with Crippen LogP contribution in [0.2, 0.25) is 0 Å². The molecule has 1 unspecified atom stereocenters. The molecule has 4 aromatic rings. The molecule has 2 heterocycles. The molecule has 3 aromatic carbocycles. The Kier molecular flexibility index (Phi) is 9.43. The maximum absolute atomic E-state index is 12.2. The van der Waals surface area contributed by atoms with Gasteiger partial charge in [-0.1, -0.05) is 66.7 Å². The lowest BCUT2D eigenvalue weighted by molar-refractivity contribution is -0.122. The van der Waals surface area contributed by atoms with Gasteiger partial charge in [-0.25, -0.2) is 0 Å². The summed E-state index contributed by atoms with van der Waals surface area (Å²) in [7, 11) is 0. The van der Waals surface area contributed by atoms with E-state index in [2.05, 4.69) is 40.7 Å². The minimum absolute atomic E-state index is 0.0777. The number of aryl methyl sites for hydroxylation is 2. The van der Waals surface area contributed by atoms with Crippen LogP contribution in [0, 0.1) is 17.7 Å². The van der Waals surface area contributed by atoms with Crippen LogP contribution in [-0.2, 0) is 11.2 Å². The Morgan fingerprint density at radius 1 is 0.947 bits per heavy atom. The van der Waals surface area contributed by atoms with Crippen molar-refractivity contribution >= 4 is 34.2 Å². The summed E-state index contributed by atoms with van der Waals surface area (Å²) in [6, 6.07) is 27.6. The zero-order chi connectivity index (χ0) is 26.7. The number of anilines is 1. The highest BCUT2D eigenvalue weighted by Gasteiger charge is 2.23. The molecule has 0 spiro atoms. The van der Waals surface area contributed by atoms with Gasteiger partial charge in [-0.2, -0.15) is 0 Å². The van der Waals surface area contributed by atoms with Crippen LogP contribution in [0.4, 0.5) is 5.69 Å². The average Bonchev–Trinajstić information content (AvgIpc) is 3.63. The Morgan fingerprint density at radius 3 is 2.32 bits per heavy atom. The predicted molar refractivity (Wildman–Crippen MR) is 156 cm³/mol. The number of rotatable bonds is 7. The predicted octanol–water partition coefficient (Wildman–Crippen LogP) is 5.42. The highest BCUT2D eigenvalue weighted by atomic mass is 16.2. The number of amides is 1. The van der Waals surface area contributed by atoms with Gasteiger partial charge in [0.05, 0.1) is 12.6 Å². The molecule has 1 aliphatic heterocycles. The van der Waals surface area contributed by atoms with Gasteiger partial charge in [0.25, 0.3) is 0 Å². The highest BCUT2D eigenvalue weighted by molar-refractivity contribution is 6.18. The lowest BCUT2D eigenvalue weighted by Gasteiger charge is -2.26. The summed E-state index contributed by atoms with van der Waals surface area (Å²) in [4.78, 5) is 17.1. The molecule has 1 aliphatic rings. The van der Waals surface area contributed by atoms with Crippen molar-refractivity contribution in [3.63, 3.8) is 0 Å². The van der Waals surface area contributed by atoms with E-state index in [4.69, 9.17) is 10.8 Å². The Balaban J connectivity index is 0.000000278. The molecule has 0 radical (unpaired) electrons. The molecule has 5 rings (SSSR count). The van der Waals surface area contributed by atoms with Gasteiger partial charge in [0, 0.05) is 29.2 Å². The first-order valence-corrected chi connectivity index (χ1v) is 13.1. The van der Waals surface area contributed by atoms with E-state index in [0.29, 0.717) is 12.3 Å². The molecule has 38 heavy (non-hydrogen) atoms. The molecule has 1 atom stereocenters. The first kappa shape index (κ1) is 26.8. The van der Waals surface area contributed by atoms with E-state index in [1.807, 2.05) is 72.9 Å². The summed E-state index contributed by atoms with van der Waals surface area (Å²) in [6.07, 6.45) is 5.10. The SMILES string of the molecule is Cc1c[nH]c2ccccc12.N=C(CCc1ccccc1)N(C(=N)CNC(=O)C1CCCN1)c1ccccc1. The molecule has 7 nitrogen and oxygen atoms in total. The normalized spacial score (nSPS) is 14.4. The van der Waals surface area contributed by atoms with E-state index in [1.54, 1.807) is 4.90 Å². The van der Waals surface area contributed by atoms with Crippen molar-refractivity contribution in [2.75, 3.05) is 18.0 Å². The van der Waals surface area contributed by atoms with Crippen LogP contribution in [0.1, 0.15) is 30.4 Å². The van der Waals surface area contributed by atoms with E-state index in [-0.39, 0.29) is 24.3 Å². The Morgan fingerprint density at radius 2 is 1.63 bits per heavy atom. The third-order valence-corrected chi connectivity index (χ3v) is 6.65. The minimum atomic E-state index is -0.171. The number of fused-ring (bicyclic) bond motifs is 1. The van der Waals surface area contributed by atoms with Crippen LogP contribution in [0.3, 0.4) is 0 Å². The van der Waals surface area contributed by atoms with Crippen LogP contribution in [0.5, 0.6) is 0 Å². The van der Waals surface area contributed by atoms with Crippen molar-refractivity contribution < 1.29 is 4.79 Å². The zero-order valence-corrected chi connectivity index (χ0v) is 21.8. The third kappa shape index (κ3) is 7.17. The van der Waals surface area contributed by atoms with Crippen molar-refractivity contribution in [1.82, 2.24) is 15.6 Å². The summed E-state index contributed by atoms with van der Waals surface area (Å²) < 4.78 is 0. The van der Waals surface area contributed by atoms with Crippen molar-refractivity contribution in [3.05, 3.63) is 102 Å². The highest BCUT2D eigenvalue weighted by Crippen LogP contribution is 2.17. The molecule has 0 bridgehead atoms. The number of benzene rings is 3. The van der Waals surface area contributed by atoms with Crippen molar-refractivity contribution in [2.45, 2.75) is 38.6 Å². The molecular weight excluding hydrogens is 472 g/mol. The van der Waals surface area contributed by atoms with E-state index in [0.717, 1.165) is 37.1 Å². The van der Waals surface area contributed by atoms with Gasteiger partial charge in [0.15, 0.2) is 0 Å². The van der Waals surface area contributed by atoms with E-state index < -0.39 is 0 Å². The van der Waals surface area contributed by atoms with Gasteiger partial charge in [-0.15, -0.1) is 0 Å². The summed E-state index contributed by atoms with van der Waals surface area (Å²) in [5.41, 5.74) is 4.46. The number of amidine groups is 2. The van der Waals surface area contributed by atoms with Crippen molar-refractivity contribution in [3.8, 4) is 0 Å². The fourth-order valence-electron chi connectivity index (χ4n) is 4.57. The second kappa shape index (κ2) is 13.4. The van der Waals surface area contributed by atoms with Crippen LogP contribution < -0.4 is 15.5 Å². The summed E-state index contributed by atoms with van der Waals surface area (Å²) in [5, 5.41) is 24.4. The third-order valence-electron chi connectivity index (χ3n) is 6.65. The van der Waals surface area contributed by atoms with Crippen LogP contribution in [-0.4, -0.2) is 41.7 Å². The lowest BCUT2D eigenvalue weighted by Crippen LogP contribution is -2.47. The van der Waals surface area contributed by atoms with Crippen LogP contribution in [0.25, 0.3) is 10.9 Å². The van der Waals surface area contributed by atoms with Gasteiger partial charge >= 0.3 is 0 Å². The standard InChI is InChI=1S/C22H27N5O.C9H9N/c23-20(14-13-17-8-3-1-4-9-17)27(18-10-5-2-6-11-18)21(24)16-26-22(28)19-12-7-15-25-19;1-7-6-10-9-5-3-2-4-8(7)9/h1-6,8-11,19,23-25H,7,12-16H2,(H,26,28);2-6,10H,1H3. The van der Waals surface area contributed by atoms with E-state index in [9.17, 15) is 4.79 Å². The number of para-hydroxylation sites is 2.